The Morgan fingerprint density at radius 3 is 2.67 bits per heavy atom. The molecule has 0 unspecified atom stereocenters. The summed E-state index contributed by atoms with van der Waals surface area (Å²) in [5.74, 6) is 1.40. The summed E-state index contributed by atoms with van der Waals surface area (Å²) in [4.78, 5) is 9.56. The quantitative estimate of drug-likeness (QED) is 0.564. The molecule has 0 N–H and O–H groups in total. The molecule has 2 fully saturated rings. The van der Waals surface area contributed by atoms with E-state index in [1.54, 1.807) is 18.3 Å². The minimum Gasteiger partial charge on any atom is -0.490 e. The molecule has 0 radical (unpaired) electrons. The molecule has 0 aromatic carbocycles. The van der Waals surface area contributed by atoms with Gasteiger partial charge >= 0.3 is 0 Å². The third-order valence-corrected chi connectivity index (χ3v) is 11.2. The van der Waals surface area contributed by atoms with E-state index in [0.717, 1.165) is 80.8 Å². The summed E-state index contributed by atoms with van der Waals surface area (Å²) in [6.45, 7) is 7.82. The number of sulfone groups is 1. The van der Waals surface area contributed by atoms with Crippen molar-refractivity contribution in [2.45, 2.75) is 76.4 Å². The van der Waals surface area contributed by atoms with Gasteiger partial charge in [-0.2, -0.15) is 0 Å². The van der Waals surface area contributed by atoms with Gasteiger partial charge in [-0.1, -0.05) is 13.8 Å². The zero-order valence-electron chi connectivity index (χ0n) is 19.8. The SMILES string of the molecule is CCC1(N2CCOCC2)CCC(Oc2ccnc3sc4c(c23)[C@@H](CS(=O)(=O)CC)CC4)CC1. The van der Waals surface area contributed by atoms with Crippen LogP contribution >= 0.6 is 11.3 Å². The lowest BCUT2D eigenvalue weighted by Crippen LogP contribution is -2.55. The fourth-order valence-corrected chi connectivity index (χ4v) is 8.62. The van der Waals surface area contributed by atoms with Crippen LogP contribution in [0.5, 0.6) is 5.75 Å². The van der Waals surface area contributed by atoms with Gasteiger partial charge in [-0.05, 0) is 56.6 Å². The van der Waals surface area contributed by atoms with Gasteiger partial charge in [0.1, 0.15) is 10.6 Å². The number of hydrogen-bond donors (Lipinski definition) is 0. The minimum atomic E-state index is -3.03. The summed E-state index contributed by atoms with van der Waals surface area (Å²) >= 11 is 1.72. The van der Waals surface area contributed by atoms with Gasteiger partial charge < -0.3 is 9.47 Å². The minimum absolute atomic E-state index is 0.0608. The van der Waals surface area contributed by atoms with E-state index in [-0.39, 0.29) is 29.1 Å². The van der Waals surface area contributed by atoms with Crippen molar-refractivity contribution in [2.24, 2.45) is 0 Å². The third-order valence-electron chi connectivity index (χ3n) is 8.19. The van der Waals surface area contributed by atoms with Gasteiger partial charge in [0.25, 0.3) is 0 Å². The molecule has 1 saturated carbocycles. The predicted molar refractivity (Wildman–Crippen MR) is 133 cm³/mol. The zero-order valence-corrected chi connectivity index (χ0v) is 21.5. The smallest absolute Gasteiger partial charge is 0.150 e. The Labute approximate surface area is 201 Å². The second-order valence-corrected chi connectivity index (χ2v) is 13.3. The number of pyridine rings is 1. The topological polar surface area (TPSA) is 68.7 Å². The van der Waals surface area contributed by atoms with Gasteiger partial charge in [0.2, 0.25) is 0 Å². The van der Waals surface area contributed by atoms with Crippen LogP contribution in [0.25, 0.3) is 10.2 Å². The predicted octanol–water partition coefficient (Wildman–Crippen LogP) is 4.56. The highest BCUT2D eigenvalue weighted by atomic mass is 32.2. The van der Waals surface area contributed by atoms with E-state index in [0.29, 0.717) is 0 Å². The maximum absolute atomic E-state index is 12.4. The highest BCUT2D eigenvalue weighted by Crippen LogP contribution is 2.48. The van der Waals surface area contributed by atoms with Gasteiger partial charge in [0.15, 0.2) is 9.84 Å². The summed E-state index contributed by atoms with van der Waals surface area (Å²) in [7, 11) is -3.03. The zero-order chi connectivity index (χ0) is 23.1. The lowest BCUT2D eigenvalue weighted by Gasteiger charge is -2.49. The lowest BCUT2D eigenvalue weighted by atomic mass is 9.77. The average Bonchev–Trinajstić information content (AvgIpc) is 3.40. The Bertz CT molecular complexity index is 1080. The number of fused-ring (bicyclic) bond motifs is 3. The van der Waals surface area contributed by atoms with E-state index in [1.807, 2.05) is 12.3 Å². The molecule has 1 atom stereocenters. The highest BCUT2D eigenvalue weighted by Gasteiger charge is 2.40. The van der Waals surface area contributed by atoms with Crippen molar-refractivity contribution >= 4 is 31.4 Å². The van der Waals surface area contributed by atoms with Crippen LogP contribution < -0.4 is 4.74 Å². The van der Waals surface area contributed by atoms with Crippen molar-refractivity contribution in [2.75, 3.05) is 37.8 Å². The van der Waals surface area contributed by atoms with Crippen molar-refractivity contribution in [1.29, 1.82) is 0 Å². The summed E-state index contributed by atoms with van der Waals surface area (Å²) in [5.41, 5.74) is 1.47. The van der Waals surface area contributed by atoms with Crippen LogP contribution in [-0.4, -0.2) is 67.8 Å². The second kappa shape index (κ2) is 9.44. The third kappa shape index (κ3) is 4.56. The largest absolute Gasteiger partial charge is 0.490 e. The number of ether oxygens (including phenoxy) is 2. The molecule has 3 heterocycles. The molecule has 3 aliphatic rings. The van der Waals surface area contributed by atoms with E-state index >= 15 is 0 Å². The Morgan fingerprint density at radius 2 is 1.97 bits per heavy atom. The number of aromatic nitrogens is 1. The van der Waals surface area contributed by atoms with Crippen molar-refractivity contribution in [3.05, 3.63) is 22.7 Å². The average molecular weight is 493 g/mol. The van der Waals surface area contributed by atoms with E-state index in [2.05, 4.69) is 16.8 Å². The number of hydrogen-bond acceptors (Lipinski definition) is 7. The highest BCUT2D eigenvalue weighted by molar-refractivity contribution is 7.91. The molecule has 182 valence electrons. The first kappa shape index (κ1) is 23.5. The number of aryl methyl sites for hydroxylation is 1. The summed E-state index contributed by atoms with van der Waals surface area (Å²) < 4.78 is 37.0. The Morgan fingerprint density at radius 1 is 1.21 bits per heavy atom. The van der Waals surface area contributed by atoms with E-state index < -0.39 is 9.84 Å². The lowest BCUT2D eigenvalue weighted by molar-refractivity contribution is -0.0510. The monoisotopic (exact) mass is 492 g/mol. The van der Waals surface area contributed by atoms with Crippen LogP contribution in [0.2, 0.25) is 0 Å². The number of rotatable bonds is 7. The van der Waals surface area contributed by atoms with Crippen molar-refractivity contribution < 1.29 is 17.9 Å². The first-order valence-corrected chi connectivity index (χ1v) is 15.2. The molecule has 1 aliphatic heterocycles. The molecule has 0 spiro atoms. The van der Waals surface area contributed by atoms with Crippen molar-refractivity contribution in [1.82, 2.24) is 9.88 Å². The van der Waals surface area contributed by atoms with Crippen molar-refractivity contribution in [3.8, 4) is 5.75 Å². The maximum Gasteiger partial charge on any atom is 0.150 e. The first-order chi connectivity index (χ1) is 15.9. The molecule has 6 nitrogen and oxygen atoms in total. The van der Waals surface area contributed by atoms with Crippen LogP contribution in [0.3, 0.4) is 0 Å². The fourth-order valence-electron chi connectivity index (χ4n) is 6.18. The molecule has 0 amide bonds. The Balaban J connectivity index is 1.35. The summed E-state index contributed by atoms with van der Waals surface area (Å²) in [6.07, 6.45) is 9.48. The van der Waals surface area contributed by atoms with Crippen molar-refractivity contribution in [3.63, 3.8) is 0 Å². The summed E-state index contributed by atoms with van der Waals surface area (Å²) in [6, 6.07) is 1.99. The van der Waals surface area contributed by atoms with E-state index in [1.165, 1.54) is 16.9 Å². The molecule has 1 saturated heterocycles. The maximum atomic E-state index is 12.4. The van der Waals surface area contributed by atoms with E-state index in [9.17, 15) is 8.42 Å². The standard InChI is InChI=1S/C25H36N2O4S2/c1-3-25(27-13-15-30-16-14-27)10-7-19(8-11-25)31-20-9-12-26-24-23(20)22-18(5-6-21(22)32-24)17-33(28,29)4-2/h9,12,18-19H,3-8,10-11,13-17H2,1-2H3/t18-,19?,25?/m1/s1. The van der Waals surface area contributed by atoms with Gasteiger partial charge in [0.05, 0.1) is 30.5 Å². The number of thiophene rings is 1. The summed E-state index contributed by atoms with van der Waals surface area (Å²) in [5, 5.41) is 1.08. The van der Waals surface area contributed by atoms with Crippen LogP contribution in [0.4, 0.5) is 0 Å². The van der Waals surface area contributed by atoms with Gasteiger partial charge in [0, 0.05) is 41.4 Å². The van der Waals surface area contributed by atoms with E-state index in [4.69, 9.17) is 9.47 Å². The van der Waals surface area contributed by atoms with Gasteiger partial charge in [-0.3, -0.25) is 4.90 Å². The Hall–Kier alpha value is -1.22. The molecule has 8 heteroatoms. The van der Waals surface area contributed by atoms with Crippen LogP contribution in [-0.2, 0) is 21.0 Å². The first-order valence-electron chi connectivity index (χ1n) is 12.5. The molecule has 2 aromatic heterocycles. The second-order valence-electron chi connectivity index (χ2n) is 9.86. The van der Waals surface area contributed by atoms with Gasteiger partial charge in [-0.15, -0.1) is 11.3 Å². The molecule has 2 aromatic rings. The molecule has 2 aliphatic carbocycles. The molecular formula is C25H36N2O4S2. The van der Waals surface area contributed by atoms with Gasteiger partial charge in [-0.25, -0.2) is 13.4 Å². The molecule has 5 rings (SSSR count). The number of morpholine rings is 1. The fraction of sp³-hybridized carbons (Fsp3) is 0.720. The Kier molecular flexibility index (Phi) is 6.73. The molecule has 0 bridgehead atoms. The normalized spacial score (nSPS) is 28.8. The van der Waals surface area contributed by atoms with Crippen LogP contribution in [0, 0.1) is 0 Å². The van der Waals surface area contributed by atoms with Crippen LogP contribution in [0.15, 0.2) is 12.3 Å². The van der Waals surface area contributed by atoms with Crippen LogP contribution in [0.1, 0.15) is 68.7 Å². The molecular weight excluding hydrogens is 456 g/mol. The number of nitrogens with zero attached hydrogens (tertiary/aromatic N) is 2. The molecule has 33 heavy (non-hydrogen) atoms.